The van der Waals surface area contributed by atoms with E-state index in [1.807, 2.05) is 31.2 Å². The molecule has 1 unspecified atom stereocenters. The second-order valence-electron chi connectivity index (χ2n) is 4.63. The van der Waals surface area contributed by atoms with Crippen LogP contribution in [0.25, 0.3) is 0 Å². The number of anilines is 1. The molecular weight excluding hydrogens is 236 g/mol. The normalized spacial score (nSPS) is 24.8. The van der Waals surface area contributed by atoms with Crippen LogP contribution in [0.2, 0.25) is 5.02 Å². The molecule has 0 aliphatic carbocycles. The molecule has 0 aromatic heterocycles. The first-order valence-electron chi connectivity index (χ1n) is 5.79. The molecule has 1 aromatic rings. The van der Waals surface area contributed by atoms with Crippen LogP contribution in [0, 0.1) is 0 Å². The monoisotopic (exact) mass is 252 g/mol. The van der Waals surface area contributed by atoms with Crippen LogP contribution in [-0.4, -0.2) is 31.0 Å². The van der Waals surface area contributed by atoms with Crippen molar-refractivity contribution in [1.82, 2.24) is 5.32 Å². The molecule has 0 spiro atoms. The number of piperazine rings is 1. The van der Waals surface area contributed by atoms with Gasteiger partial charge in [-0.15, -0.1) is 0 Å². The standard InChI is InChI=1S/C13H17ClN2O/c1-10(17)13(2)9-15-7-8-16(13)12-5-3-11(14)4-6-12/h3-6,15H,7-9H2,1-2H3. The lowest BCUT2D eigenvalue weighted by Crippen LogP contribution is -2.63. The fourth-order valence-electron chi connectivity index (χ4n) is 2.21. The second kappa shape index (κ2) is 4.67. The van der Waals surface area contributed by atoms with Crippen LogP contribution in [0.5, 0.6) is 0 Å². The topological polar surface area (TPSA) is 32.3 Å². The Morgan fingerprint density at radius 3 is 2.65 bits per heavy atom. The van der Waals surface area contributed by atoms with Crippen LogP contribution in [0.4, 0.5) is 5.69 Å². The fourth-order valence-corrected chi connectivity index (χ4v) is 2.34. The Labute approximate surface area is 107 Å². The number of halogens is 1. The highest BCUT2D eigenvalue weighted by Crippen LogP contribution is 2.27. The number of carbonyl (C=O) groups is 1. The van der Waals surface area contributed by atoms with Crippen LogP contribution < -0.4 is 10.2 Å². The number of hydrogen-bond acceptors (Lipinski definition) is 3. The predicted molar refractivity (Wildman–Crippen MR) is 70.8 cm³/mol. The average molecular weight is 253 g/mol. The summed E-state index contributed by atoms with van der Waals surface area (Å²) in [5, 5.41) is 4.00. The maximum atomic E-state index is 11.9. The van der Waals surface area contributed by atoms with E-state index >= 15 is 0 Å². The zero-order valence-corrected chi connectivity index (χ0v) is 10.9. The van der Waals surface area contributed by atoms with Crippen LogP contribution >= 0.6 is 11.6 Å². The average Bonchev–Trinajstić information content (AvgIpc) is 2.31. The minimum Gasteiger partial charge on any atom is -0.357 e. The maximum absolute atomic E-state index is 11.9. The van der Waals surface area contributed by atoms with Gasteiger partial charge >= 0.3 is 0 Å². The Morgan fingerprint density at radius 1 is 1.41 bits per heavy atom. The zero-order chi connectivity index (χ0) is 12.5. The minimum atomic E-state index is -0.466. The Bertz CT molecular complexity index is 418. The SMILES string of the molecule is CC(=O)C1(C)CNCCN1c1ccc(Cl)cc1. The van der Waals surface area contributed by atoms with Gasteiger partial charge in [-0.3, -0.25) is 4.79 Å². The maximum Gasteiger partial charge on any atom is 0.156 e. The van der Waals surface area contributed by atoms with Crippen molar-refractivity contribution in [2.24, 2.45) is 0 Å². The summed E-state index contributed by atoms with van der Waals surface area (Å²) in [4.78, 5) is 14.0. The van der Waals surface area contributed by atoms with E-state index < -0.39 is 5.54 Å². The first kappa shape index (κ1) is 12.4. The van der Waals surface area contributed by atoms with E-state index in [1.165, 1.54) is 0 Å². The van der Waals surface area contributed by atoms with E-state index in [2.05, 4.69) is 10.2 Å². The molecule has 1 saturated heterocycles. The summed E-state index contributed by atoms with van der Waals surface area (Å²) in [7, 11) is 0. The number of nitrogens with zero attached hydrogens (tertiary/aromatic N) is 1. The summed E-state index contributed by atoms with van der Waals surface area (Å²) < 4.78 is 0. The second-order valence-corrected chi connectivity index (χ2v) is 5.07. The third-order valence-electron chi connectivity index (χ3n) is 3.47. The number of ketones is 1. The van der Waals surface area contributed by atoms with Crippen LogP contribution in [0.3, 0.4) is 0 Å². The van der Waals surface area contributed by atoms with E-state index in [0.717, 1.165) is 18.8 Å². The molecule has 4 heteroatoms. The number of nitrogens with one attached hydrogen (secondary N) is 1. The van der Waals surface area contributed by atoms with E-state index in [4.69, 9.17) is 11.6 Å². The van der Waals surface area contributed by atoms with Crippen molar-refractivity contribution >= 4 is 23.1 Å². The minimum absolute atomic E-state index is 0.180. The highest BCUT2D eigenvalue weighted by molar-refractivity contribution is 6.30. The largest absolute Gasteiger partial charge is 0.357 e. The van der Waals surface area contributed by atoms with Crippen molar-refractivity contribution < 1.29 is 4.79 Å². The van der Waals surface area contributed by atoms with Gasteiger partial charge in [0.2, 0.25) is 0 Å². The summed E-state index contributed by atoms with van der Waals surface area (Å²) in [5.74, 6) is 0.180. The Hall–Kier alpha value is -1.06. The molecule has 92 valence electrons. The van der Waals surface area contributed by atoms with Crippen molar-refractivity contribution in [2.75, 3.05) is 24.5 Å². The number of benzene rings is 1. The van der Waals surface area contributed by atoms with Gasteiger partial charge in [0, 0.05) is 30.3 Å². The fraction of sp³-hybridized carbons (Fsp3) is 0.462. The predicted octanol–water partition coefficient (Wildman–Crippen LogP) is 2.10. The van der Waals surface area contributed by atoms with E-state index in [9.17, 15) is 4.79 Å². The molecule has 1 N–H and O–H groups in total. The van der Waals surface area contributed by atoms with Crippen molar-refractivity contribution in [2.45, 2.75) is 19.4 Å². The Kier molecular flexibility index (Phi) is 3.40. The summed E-state index contributed by atoms with van der Waals surface area (Å²) >= 11 is 5.89. The Morgan fingerprint density at radius 2 is 2.06 bits per heavy atom. The van der Waals surface area contributed by atoms with Gasteiger partial charge in [0.1, 0.15) is 5.54 Å². The van der Waals surface area contributed by atoms with Gasteiger partial charge in [-0.2, -0.15) is 0 Å². The van der Waals surface area contributed by atoms with Gasteiger partial charge < -0.3 is 10.2 Å². The molecule has 1 aliphatic rings. The van der Waals surface area contributed by atoms with Crippen LogP contribution in [-0.2, 0) is 4.79 Å². The Balaban J connectivity index is 2.34. The molecule has 1 heterocycles. The number of Topliss-reactive ketones (excluding diaryl/α,β-unsaturated/α-hetero) is 1. The van der Waals surface area contributed by atoms with Gasteiger partial charge in [0.05, 0.1) is 0 Å². The molecule has 17 heavy (non-hydrogen) atoms. The lowest BCUT2D eigenvalue weighted by atomic mass is 9.92. The van der Waals surface area contributed by atoms with Crippen LogP contribution in [0.15, 0.2) is 24.3 Å². The molecule has 0 amide bonds. The molecule has 1 atom stereocenters. The molecule has 1 fully saturated rings. The van der Waals surface area contributed by atoms with Crippen molar-refractivity contribution in [3.05, 3.63) is 29.3 Å². The first-order valence-corrected chi connectivity index (χ1v) is 6.17. The molecule has 1 aliphatic heterocycles. The molecular formula is C13H17ClN2O. The smallest absolute Gasteiger partial charge is 0.156 e. The van der Waals surface area contributed by atoms with Gasteiger partial charge in [-0.1, -0.05) is 11.6 Å². The van der Waals surface area contributed by atoms with Crippen molar-refractivity contribution in [1.29, 1.82) is 0 Å². The lowest BCUT2D eigenvalue weighted by Gasteiger charge is -2.45. The molecule has 0 bridgehead atoms. The lowest BCUT2D eigenvalue weighted by molar-refractivity contribution is -0.121. The number of rotatable bonds is 2. The highest BCUT2D eigenvalue weighted by atomic mass is 35.5. The van der Waals surface area contributed by atoms with Crippen LogP contribution in [0.1, 0.15) is 13.8 Å². The van der Waals surface area contributed by atoms with Crippen molar-refractivity contribution in [3.8, 4) is 0 Å². The summed E-state index contributed by atoms with van der Waals surface area (Å²) in [6, 6.07) is 7.66. The van der Waals surface area contributed by atoms with Crippen molar-refractivity contribution in [3.63, 3.8) is 0 Å². The first-order chi connectivity index (χ1) is 8.04. The molecule has 0 saturated carbocycles. The zero-order valence-electron chi connectivity index (χ0n) is 10.2. The quantitative estimate of drug-likeness (QED) is 0.875. The molecule has 1 aromatic carbocycles. The number of carbonyl (C=O) groups excluding carboxylic acids is 1. The highest BCUT2D eigenvalue weighted by Gasteiger charge is 2.38. The number of hydrogen-bond donors (Lipinski definition) is 1. The van der Waals surface area contributed by atoms with E-state index in [0.29, 0.717) is 11.6 Å². The summed E-state index contributed by atoms with van der Waals surface area (Å²) in [6.07, 6.45) is 0. The van der Waals surface area contributed by atoms with E-state index in [1.54, 1.807) is 6.92 Å². The van der Waals surface area contributed by atoms with Gasteiger partial charge in [0.25, 0.3) is 0 Å². The third-order valence-corrected chi connectivity index (χ3v) is 3.73. The third kappa shape index (κ3) is 2.31. The van der Waals surface area contributed by atoms with Gasteiger partial charge in [-0.25, -0.2) is 0 Å². The molecule has 2 rings (SSSR count). The molecule has 3 nitrogen and oxygen atoms in total. The summed E-state index contributed by atoms with van der Waals surface area (Å²) in [6.45, 7) is 6.04. The molecule has 0 radical (unpaired) electrons. The van der Waals surface area contributed by atoms with Gasteiger partial charge in [-0.05, 0) is 38.1 Å². The van der Waals surface area contributed by atoms with E-state index in [-0.39, 0.29) is 5.78 Å². The summed E-state index contributed by atoms with van der Waals surface area (Å²) in [5.41, 5.74) is 0.583. The van der Waals surface area contributed by atoms with Gasteiger partial charge in [0.15, 0.2) is 5.78 Å².